The summed E-state index contributed by atoms with van der Waals surface area (Å²) in [5.41, 5.74) is 1.76. The van der Waals surface area contributed by atoms with E-state index in [1.165, 1.54) is 4.31 Å². The second kappa shape index (κ2) is 10.3. The van der Waals surface area contributed by atoms with Gasteiger partial charge in [-0.25, -0.2) is 8.42 Å². The minimum atomic E-state index is -3.50. The van der Waals surface area contributed by atoms with Gasteiger partial charge in [-0.3, -0.25) is 9.10 Å². The van der Waals surface area contributed by atoms with Crippen LogP contribution in [0.4, 0.5) is 5.69 Å². The van der Waals surface area contributed by atoms with E-state index in [2.05, 4.69) is 5.32 Å². The quantitative estimate of drug-likeness (QED) is 0.489. The van der Waals surface area contributed by atoms with E-state index in [0.29, 0.717) is 29.4 Å². The summed E-state index contributed by atoms with van der Waals surface area (Å²) in [6.45, 7) is 0.874. The smallest absolute Gasteiger partial charge is 0.251 e. The zero-order valence-electron chi connectivity index (χ0n) is 17.0. The van der Waals surface area contributed by atoms with Crippen LogP contribution in [0.1, 0.15) is 15.9 Å². The van der Waals surface area contributed by atoms with Crippen molar-refractivity contribution in [3.63, 3.8) is 0 Å². The Kier molecular flexibility index (Phi) is 7.55. The van der Waals surface area contributed by atoms with Crippen molar-refractivity contribution in [3.05, 3.63) is 95.0 Å². The van der Waals surface area contributed by atoms with Crippen LogP contribution in [0, 0.1) is 0 Å². The molecule has 0 radical (unpaired) electrons. The highest BCUT2D eigenvalue weighted by Gasteiger charge is 2.18. The molecule has 162 valence electrons. The highest BCUT2D eigenvalue weighted by atomic mass is 35.5. The highest BCUT2D eigenvalue weighted by Crippen LogP contribution is 2.23. The average Bonchev–Trinajstić information content (AvgIpc) is 2.76. The maximum Gasteiger partial charge on any atom is 0.251 e. The summed E-state index contributed by atoms with van der Waals surface area (Å²) in [6, 6.07) is 22.8. The number of ether oxygens (including phenoxy) is 1. The number of amides is 1. The lowest BCUT2D eigenvalue weighted by Gasteiger charge is -2.22. The van der Waals surface area contributed by atoms with Crippen molar-refractivity contribution in [2.24, 2.45) is 0 Å². The molecule has 0 aliphatic rings. The van der Waals surface area contributed by atoms with Crippen molar-refractivity contribution < 1.29 is 17.9 Å². The molecule has 0 bridgehead atoms. The molecule has 0 spiro atoms. The zero-order valence-corrected chi connectivity index (χ0v) is 18.6. The lowest BCUT2D eigenvalue weighted by atomic mass is 10.1. The first-order valence-electron chi connectivity index (χ1n) is 9.61. The Labute approximate surface area is 187 Å². The van der Waals surface area contributed by atoms with Gasteiger partial charge in [-0.1, -0.05) is 41.9 Å². The van der Waals surface area contributed by atoms with Gasteiger partial charge in [0.1, 0.15) is 12.4 Å². The SMILES string of the molecule is CS(=O)(=O)N(Cc1ccc(C(=O)NCCOc2ccccc2)cc1)c1ccc(Cl)cc1. The number of carbonyl (C=O) groups excluding carboxylic acids is 1. The summed E-state index contributed by atoms with van der Waals surface area (Å²) in [5.74, 6) is 0.526. The van der Waals surface area contributed by atoms with Gasteiger partial charge >= 0.3 is 0 Å². The number of hydrogen-bond donors (Lipinski definition) is 1. The fraction of sp³-hybridized carbons (Fsp3) is 0.174. The largest absolute Gasteiger partial charge is 0.492 e. The molecule has 6 nitrogen and oxygen atoms in total. The summed E-state index contributed by atoms with van der Waals surface area (Å²) in [5, 5.41) is 3.33. The average molecular weight is 459 g/mol. The molecule has 8 heteroatoms. The van der Waals surface area contributed by atoms with Crippen LogP contribution in [-0.4, -0.2) is 33.7 Å². The van der Waals surface area contributed by atoms with Crippen molar-refractivity contribution in [3.8, 4) is 5.75 Å². The van der Waals surface area contributed by atoms with E-state index in [1.54, 1.807) is 48.5 Å². The third kappa shape index (κ3) is 6.73. The maximum atomic E-state index is 12.3. The van der Waals surface area contributed by atoms with Crippen molar-refractivity contribution in [2.75, 3.05) is 23.7 Å². The summed E-state index contributed by atoms with van der Waals surface area (Å²) in [7, 11) is -3.50. The van der Waals surface area contributed by atoms with Crippen LogP contribution >= 0.6 is 11.6 Å². The Morgan fingerprint density at radius 1 is 0.968 bits per heavy atom. The number of halogens is 1. The molecule has 0 saturated heterocycles. The number of benzene rings is 3. The van der Waals surface area contributed by atoms with Crippen molar-refractivity contribution >= 4 is 33.2 Å². The van der Waals surface area contributed by atoms with Crippen molar-refractivity contribution in [2.45, 2.75) is 6.54 Å². The van der Waals surface area contributed by atoms with Crippen LogP contribution in [0.2, 0.25) is 5.02 Å². The van der Waals surface area contributed by atoms with Gasteiger partial charge in [-0.15, -0.1) is 0 Å². The number of carbonyl (C=O) groups is 1. The van der Waals surface area contributed by atoms with E-state index in [4.69, 9.17) is 16.3 Å². The summed E-state index contributed by atoms with van der Waals surface area (Å²) in [4.78, 5) is 12.3. The predicted molar refractivity (Wildman–Crippen MR) is 123 cm³/mol. The summed E-state index contributed by atoms with van der Waals surface area (Å²) < 4.78 is 31.4. The molecule has 0 heterocycles. The Morgan fingerprint density at radius 3 is 2.23 bits per heavy atom. The molecule has 31 heavy (non-hydrogen) atoms. The lowest BCUT2D eigenvalue weighted by molar-refractivity contribution is 0.0947. The third-order valence-electron chi connectivity index (χ3n) is 4.46. The van der Waals surface area contributed by atoms with Gasteiger partial charge in [0.25, 0.3) is 5.91 Å². The molecule has 0 fully saturated rings. The first-order chi connectivity index (χ1) is 14.8. The van der Waals surface area contributed by atoms with Crippen LogP contribution < -0.4 is 14.4 Å². The molecule has 0 aliphatic heterocycles. The molecule has 0 unspecified atom stereocenters. The minimum absolute atomic E-state index is 0.146. The van der Waals surface area contributed by atoms with E-state index in [9.17, 15) is 13.2 Å². The Balaban J connectivity index is 1.58. The summed E-state index contributed by atoms with van der Waals surface area (Å²) >= 11 is 5.90. The molecular formula is C23H23ClN2O4S. The first kappa shape index (κ1) is 22.7. The molecule has 1 N–H and O–H groups in total. The Morgan fingerprint density at radius 2 is 1.61 bits per heavy atom. The third-order valence-corrected chi connectivity index (χ3v) is 5.85. The van der Waals surface area contributed by atoms with Crippen LogP contribution in [0.3, 0.4) is 0 Å². The molecular weight excluding hydrogens is 436 g/mol. The summed E-state index contributed by atoms with van der Waals surface area (Å²) in [6.07, 6.45) is 1.15. The molecule has 3 rings (SSSR count). The number of sulfonamides is 1. The molecule has 0 saturated carbocycles. The Hall–Kier alpha value is -3.03. The monoisotopic (exact) mass is 458 g/mol. The standard InChI is InChI=1S/C23H23ClN2O4S/c1-31(28,29)26(21-13-11-20(24)12-14-21)17-18-7-9-19(10-8-18)23(27)25-15-16-30-22-5-3-2-4-6-22/h2-14H,15-17H2,1H3,(H,25,27). The van der Waals surface area contributed by atoms with Gasteiger partial charge in [0.15, 0.2) is 0 Å². The normalized spacial score (nSPS) is 11.0. The van der Waals surface area contributed by atoms with Gasteiger partial charge in [0.05, 0.1) is 25.0 Å². The van der Waals surface area contributed by atoms with Gasteiger partial charge in [-0.2, -0.15) is 0 Å². The van der Waals surface area contributed by atoms with Gasteiger partial charge in [0.2, 0.25) is 10.0 Å². The van der Waals surface area contributed by atoms with E-state index in [1.807, 2.05) is 30.3 Å². The molecule has 3 aromatic carbocycles. The van der Waals surface area contributed by atoms with Crippen LogP contribution in [-0.2, 0) is 16.6 Å². The van der Waals surface area contributed by atoms with Crippen LogP contribution in [0.5, 0.6) is 5.75 Å². The number of rotatable bonds is 9. The van der Waals surface area contributed by atoms with E-state index >= 15 is 0 Å². The molecule has 0 aliphatic carbocycles. The molecule has 3 aromatic rings. The molecule has 0 atom stereocenters. The molecule has 0 aromatic heterocycles. The number of para-hydroxylation sites is 1. The number of hydrogen-bond acceptors (Lipinski definition) is 4. The lowest BCUT2D eigenvalue weighted by Crippen LogP contribution is -2.29. The zero-order chi connectivity index (χ0) is 22.3. The highest BCUT2D eigenvalue weighted by molar-refractivity contribution is 7.92. The number of nitrogens with zero attached hydrogens (tertiary/aromatic N) is 1. The second-order valence-electron chi connectivity index (χ2n) is 6.86. The molecule has 1 amide bonds. The van der Waals surface area contributed by atoms with Crippen LogP contribution in [0.25, 0.3) is 0 Å². The Bertz CT molecular complexity index is 1100. The van der Waals surface area contributed by atoms with Gasteiger partial charge < -0.3 is 10.1 Å². The minimum Gasteiger partial charge on any atom is -0.492 e. The van der Waals surface area contributed by atoms with Crippen LogP contribution in [0.15, 0.2) is 78.9 Å². The maximum absolute atomic E-state index is 12.3. The fourth-order valence-electron chi connectivity index (χ4n) is 2.89. The fourth-order valence-corrected chi connectivity index (χ4v) is 3.90. The predicted octanol–water partition coefficient (Wildman–Crippen LogP) is 4.12. The van der Waals surface area contributed by atoms with Gasteiger partial charge in [0, 0.05) is 10.6 Å². The van der Waals surface area contributed by atoms with E-state index in [0.717, 1.165) is 17.6 Å². The second-order valence-corrected chi connectivity index (χ2v) is 9.20. The van der Waals surface area contributed by atoms with E-state index in [-0.39, 0.29) is 12.5 Å². The first-order valence-corrected chi connectivity index (χ1v) is 11.8. The van der Waals surface area contributed by atoms with Gasteiger partial charge in [-0.05, 0) is 54.1 Å². The van der Waals surface area contributed by atoms with Crippen molar-refractivity contribution in [1.29, 1.82) is 0 Å². The number of nitrogens with one attached hydrogen (secondary N) is 1. The van der Waals surface area contributed by atoms with E-state index < -0.39 is 10.0 Å². The topological polar surface area (TPSA) is 75.7 Å². The van der Waals surface area contributed by atoms with Crippen molar-refractivity contribution in [1.82, 2.24) is 5.32 Å². The number of anilines is 1.